The average molecular weight is 518 g/mol. The van der Waals surface area contributed by atoms with Crippen molar-refractivity contribution in [3.63, 3.8) is 0 Å². The molecule has 0 spiro atoms. The molecule has 0 bridgehead atoms. The molecule has 10 heteroatoms. The van der Waals surface area contributed by atoms with Crippen LogP contribution in [0.3, 0.4) is 0 Å². The van der Waals surface area contributed by atoms with Gasteiger partial charge < -0.3 is 5.32 Å². The molecule has 162 valence electrons. The van der Waals surface area contributed by atoms with Crippen LogP contribution in [0.4, 0.5) is 11.4 Å². The smallest absolute Gasteiger partial charge is 0.265 e. The van der Waals surface area contributed by atoms with Crippen molar-refractivity contribution >= 4 is 73.7 Å². The van der Waals surface area contributed by atoms with Gasteiger partial charge in [-0.05, 0) is 49.4 Å². The highest BCUT2D eigenvalue weighted by atomic mass is 35.5. The number of amides is 1. The van der Waals surface area contributed by atoms with Crippen molar-refractivity contribution in [1.29, 1.82) is 0 Å². The second-order valence-electron chi connectivity index (χ2n) is 6.35. The first-order valence-corrected chi connectivity index (χ1v) is 11.9. The molecule has 0 fully saturated rings. The highest BCUT2D eigenvalue weighted by molar-refractivity contribution is 7.93. The van der Waals surface area contributed by atoms with Gasteiger partial charge in [-0.25, -0.2) is 8.42 Å². The number of carbonyl (C=O) groups excluding carboxylic acids is 1. The number of carbonyl (C=O) groups is 1. The Morgan fingerprint density at radius 1 is 0.903 bits per heavy atom. The minimum atomic E-state index is -4.08. The van der Waals surface area contributed by atoms with Gasteiger partial charge in [0.2, 0.25) is 0 Å². The number of para-hydroxylation sites is 1. The third-order valence-electron chi connectivity index (χ3n) is 4.34. The number of halogens is 4. The standard InChI is InChI=1S/C21H16Cl4N2O3S/c1-2-27(14-6-4-3-5-7-14)31(29,30)20-11-15(16(23)12-18(20)25)21(28)26-19-9-8-13(22)10-17(19)24/h3-12H,2H2,1H3,(H,26,28). The number of rotatable bonds is 6. The van der Waals surface area contributed by atoms with Crippen molar-refractivity contribution in [2.24, 2.45) is 0 Å². The number of anilines is 2. The van der Waals surface area contributed by atoms with Crippen LogP contribution in [-0.2, 0) is 10.0 Å². The van der Waals surface area contributed by atoms with Crippen molar-refractivity contribution < 1.29 is 13.2 Å². The molecular weight excluding hydrogens is 502 g/mol. The third-order valence-corrected chi connectivity index (χ3v) is 7.57. The number of hydrogen-bond donors (Lipinski definition) is 1. The maximum Gasteiger partial charge on any atom is 0.265 e. The molecule has 1 amide bonds. The normalized spacial score (nSPS) is 11.3. The molecule has 5 nitrogen and oxygen atoms in total. The van der Waals surface area contributed by atoms with E-state index < -0.39 is 15.9 Å². The van der Waals surface area contributed by atoms with Gasteiger partial charge in [-0.3, -0.25) is 9.10 Å². The van der Waals surface area contributed by atoms with Gasteiger partial charge in [0, 0.05) is 11.6 Å². The predicted octanol–water partition coefficient (Wildman–Crippen LogP) is 6.77. The quantitative estimate of drug-likeness (QED) is 0.392. The van der Waals surface area contributed by atoms with Crippen LogP contribution in [0.2, 0.25) is 20.1 Å². The first-order chi connectivity index (χ1) is 14.6. The first-order valence-electron chi connectivity index (χ1n) is 8.98. The number of benzene rings is 3. The van der Waals surface area contributed by atoms with E-state index in [1.807, 2.05) is 0 Å². The largest absolute Gasteiger partial charge is 0.321 e. The zero-order valence-electron chi connectivity index (χ0n) is 16.1. The first kappa shape index (κ1) is 23.7. The average Bonchev–Trinajstić information content (AvgIpc) is 2.71. The van der Waals surface area contributed by atoms with Gasteiger partial charge in [0.25, 0.3) is 15.9 Å². The molecule has 0 aliphatic rings. The van der Waals surface area contributed by atoms with Crippen molar-refractivity contribution in [1.82, 2.24) is 0 Å². The number of hydrogen-bond acceptors (Lipinski definition) is 3. The van der Waals surface area contributed by atoms with Crippen LogP contribution in [0.5, 0.6) is 0 Å². The van der Waals surface area contributed by atoms with Crippen molar-refractivity contribution in [2.75, 3.05) is 16.2 Å². The molecule has 0 unspecified atom stereocenters. The fourth-order valence-corrected chi connectivity index (χ4v) is 5.65. The summed E-state index contributed by atoms with van der Waals surface area (Å²) in [6.07, 6.45) is 0. The second-order valence-corrected chi connectivity index (χ2v) is 9.83. The minimum Gasteiger partial charge on any atom is -0.321 e. The Labute approximate surface area is 200 Å². The van der Waals surface area contributed by atoms with E-state index in [0.29, 0.717) is 16.4 Å². The van der Waals surface area contributed by atoms with Gasteiger partial charge in [0.05, 0.1) is 32.0 Å². The van der Waals surface area contributed by atoms with Crippen molar-refractivity contribution in [2.45, 2.75) is 11.8 Å². The van der Waals surface area contributed by atoms with E-state index >= 15 is 0 Å². The molecule has 0 aliphatic carbocycles. The summed E-state index contributed by atoms with van der Waals surface area (Å²) in [5.41, 5.74) is 0.695. The molecule has 0 atom stereocenters. The third kappa shape index (κ3) is 5.10. The van der Waals surface area contributed by atoms with Crippen LogP contribution in [0.25, 0.3) is 0 Å². The number of nitrogens with one attached hydrogen (secondary N) is 1. The molecule has 0 heterocycles. The maximum atomic E-state index is 13.4. The van der Waals surface area contributed by atoms with Crippen LogP contribution in [0, 0.1) is 0 Å². The summed E-state index contributed by atoms with van der Waals surface area (Å²) in [5.74, 6) is -0.648. The molecule has 0 saturated heterocycles. The summed E-state index contributed by atoms with van der Waals surface area (Å²) in [5, 5.41) is 3.13. The van der Waals surface area contributed by atoms with E-state index in [9.17, 15) is 13.2 Å². The lowest BCUT2D eigenvalue weighted by Crippen LogP contribution is -2.31. The second kappa shape index (κ2) is 9.67. The van der Waals surface area contributed by atoms with Crippen LogP contribution >= 0.6 is 46.4 Å². The minimum absolute atomic E-state index is 0.00528. The zero-order valence-corrected chi connectivity index (χ0v) is 19.9. The molecule has 31 heavy (non-hydrogen) atoms. The number of sulfonamides is 1. The predicted molar refractivity (Wildman–Crippen MR) is 128 cm³/mol. The molecule has 0 saturated carbocycles. The lowest BCUT2D eigenvalue weighted by molar-refractivity contribution is 0.102. The monoisotopic (exact) mass is 516 g/mol. The van der Waals surface area contributed by atoms with E-state index in [4.69, 9.17) is 46.4 Å². The summed E-state index contributed by atoms with van der Waals surface area (Å²) < 4.78 is 27.9. The number of nitrogens with zero attached hydrogens (tertiary/aromatic N) is 1. The van der Waals surface area contributed by atoms with E-state index in [1.54, 1.807) is 43.3 Å². The highest BCUT2D eigenvalue weighted by Crippen LogP contribution is 2.33. The summed E-state index contributed by atoms with van der Waals surface area (Å²) in [6, 6.07) is 15.5. The van der Waals surface area contributed by atoms with Crippen molar-refractivity contribution in [3.8, 4) is 0 Å². The van der Waals surface area contributed by atoms with Crippen LogP contribution in [0.1, 0.15) is 17.3 Å². The van der Waals surface area contributed by atoms with Gasteiger partial charge in [-0.15, -0.1) is 0 Å². The Balaban J connectivity index is 2.03. The van der Waals surface area contributed by atoms with Gasteiger partial charge in [0.1, 0.15) is 4.90 Å². The molecule has 0 aromatic heterocycles. The summed E-state index contributed by atoms with van der Waals surface area (Å²) >= 11 is 24.4. The van der Waals surface area contributed by atoms with Crippen molar-refractivity contribution in [3.05, 3.63) is 86.3 Å². The van der Waals surface area contributed by atoms with Crippen LogP contribution in [0.15, 0.2) is 65.6 Å². The lowest BCUT2D eigenvalue weighted by atomic mass is 10.2. The molecule has 0 aliphatic heterocycles. The SMILES string of the molecule is CCN(c1ccccc1)S(=O)(=O)c1cc(C(=O)Nc2ccc(Cl)cc2Cl)c(Cl)cc1Cl. The summed E-state index contributed by atoms with van der Waals surface area (Å²) in [4.78, 5) is 12.6. The topological polar surface area (TPSA) is 66.5 Å². The van der Waals surface area contributed by atoms with Gasteiger partial charge in [-0.2, -0.15) is 0 Å². The van der Waals surface area contributed by atoms with Gasteiger partial charge >= 0.3 is 0 Å². The highest BCUT2D eigenvalue weighted by Gasteiger charge is 2.28. The Morgan fingerprint density at radius 2 is 1.58 bits per heavy atom. The lowest BCUT2D eigenvalue weighted by Gasteiger charge is -2.24. The maximum absolute atomic E-state index is 13.4. The Kier molecular flexibility index (Phi) is 7.39. The Bertz CT molecular complexity index is 1230. The Hall–Kier alpha value is -1.96. The Morgan fingerprint density at radius 3 is 2.19 bits per heavy atom. The van der Waals surface area contributed by atoms with Gasteiger partial charge in [-0.1, -0.05) is 64.6 Å². The molecular formula is C21H16Cl4N2O3S. The van der Waals surface area contributed by atoms with E-state index in [0.717, 1.165) is 6.07 Å². The van der Waals surface area contributed by atoms with E-state index in [-0.39, 0.29) is 32.1 Å². The fraction of sp³-hybridized carbons (Fsp3) is 0.0952. The molecule has 3 aromatic rings. The zero-order chi connectivity index (χ0) is 22.8. The van der Waals surface area contributed by atoms with Gasteiger partial charge in [0.15, 0.2) is 0 Å². The summed E-state index contributed by atoms with van der Waals surface area (Å²) in [7, 11) is -4.08. The molecule has 3 aromatic carbocycles. The molecule has 1 N–H and O–H groups in total. The molecule has 3 rings (SSSR count). The summed E-state index contributed by atoms with van der Waals surface area (Å²) in [6.45, 7) is 1.86. The van der Waals surface area contributed by atoms with E-state index in [1.165, 1.54) is 22.5 Å². The van der Waals surface area contributed by atoms with Crippen LogP contribution in [-0.4, -0.2) is 20.9 Å². The van der Waals surface area contributed by atoms with Crippen LogP contribution < -0.4 is 9.62 Å². The van der Waals surface area contributed by atoms with E-state index in [2.05, 4.69) is 5.32 Å². The molecule has 0 radical (unpaired) electrons. The fourth-order valence-electron chi connectivity index (χ4n) is 2.89.